The number of rotatable bonds is 5. The second-order valence-electron chi connectivity index (χ2n) is 5.09. The van der Waals surface area contributed by atoms with Crippen LogP contribution in [0.4, 0.5) is 5.69 Å². The van der Waals surface area contributed by atoms with Crippen molar-refractivity contribution >= 4 is 52.3 Å². The van der Waals surface area contributed by atoms with Crippen LogP contribution in [0, 0.1) is 0 Å². The lowest BCUT2D eigenvalue weighted by atomic mass is 10.3. The van der Waals surface area contributed by atoms with E-state index in [0.29, 0.717) is 33.1 Å². The van der Waals surface area contributed by atoms with Gasteiger partial charge < -0.3 is 5.32 Å². The topological polar surface area (TPSA) is 92.2 Å². The third-order valence-corrected chi connectivity index (χ3v) is 5.02. The molecule has 3 aromatic rings. The molecule has 25 heavy (non-hydrogen) atoms. The highest BCUT2D eigenvalue weighted by atomic mass is 35.5. The number of H-pyrrole nitrogens is 1. The average Bonchev–Trinajstić information content (AvgIpc) is 2.98. The Labute approximate surface area is 156 Å². The van der Waals surface area contributed by atoms with Gasteiger partial charge in [0.1, 0.15) is 0 Å². The molecule has 0 radical (unpaired) electrons. The standard InChI is InChI=1S/C15H13Cl2N5O2S/c1-2-9-6-12(23)19-14-20-21-15(22(9)14)25-7-13(24)18-8-3-4-10(16)11(17)5-8/h3-6H,2,7H2,1H3,(H,18,24)(H,19,20,23). The van der Waals surface area contributed by atoms with Crippen molar-refractivity contribution in [3.8, 4) is 0 Å². The van der Waals surface area contributed by atoms with E-state index in [9.17, 15) is 9.59 Å². The fraction of sp³-hybridized carbons (Fsp3) is 0.200. The molecule has 0 aliphatic carbocycles. The maximum atomic E-state index is 12.1. The summed E-state index contributed by atoms with van der Waals surface area (Å²) in [7, 11) is 0. The van der Waals surface area contributed by atoms with Crippen LogP contribution in [0.15, 0.2) is 34.2 Å². The molecular weight excluding hydrogens is 385 g/mol. The number of carbonyl (C=O) groups is 1. The Morgan fingerprint density at radius 2 is 2.08 bits per heavy atom. The Morgan fingerprint density at radius 1 is 1.28 bits per heavy atom. The molecule has 130 valence electrons. The third kappa shape index (κ3) is 3.97. The first-order chi connectivity index (χ1) is 12.0. The zero-order valence-electron chi connectivity index (χ0n) is 13.0. The molecule has 1 aromatic carbocycles. The molecule has 0 spiro atoms. The normalized spacial score (nSPS) is 11.0. The first kappa shape index (κ1) is 17.8. The average molecular weight is 398 g/mol. The van der Waals surface area contributed by atoms with E-state index in [1.165, 1.54) is 17.8 Å². The molecule has 1 amide bonds. The molecule has 0 bridgehead atoms. The molecule has 2 N–H and O–H groups in total. The summed E-state index contributed by atoms with van der Waals surface area (Å²) in [4.78, 5) is 26.3. The predicted molar refractivity (Wildman–Crippen MR) is 98.8 cm³/mol. The van der Waals surface area contributed by atoms with Gasteiger partial charge in [-0.1, -0.05) is 41.9 Å². The second kappa shape index (κ2) is 7.47. The smallest absolute Gasteiger partial charge is 0.252 e. The predicted octanol–water partition coefficient (Wildman–Crippen LogP) is 3.02. The van der Waals surface area contributed by atoms with Crippen molar-refractivity contribution in [2.75, 3.05) is 11.1 Å². The van der Waals surface area contributed by atoms with Crippen LogP contribution in [0.25, 0.3) is 5.78 Å². The maximum Gasteiger partial charge on any atom is 0.252 e. The Morgan fingerprint density at radius 3 is 2.80 bits per heavy atom. The van der Waals surface area contributed by atoms with Gasteiger partial charge in [-0.05, 0) is 24.6 Å². The number of aromatic nitrogens is 4. The SMILES string of the molecule is CCc1cc(=O)[nH]c2nnc(SCC(=O)Nc3ccc(Cl)c(Cl)c3)n12. The number of aromatic amines is 1. The van der Waals surface area contributed by atoms with Crippen LogP contribution >= 0.6 is 35.0 Å². The highest BCUT2D eigenvalue weighted by Gasteiger charge is 2.13. The number of fused-ring (bicyclic) bond motifs is 1. The molecule has 0 saturated carbocycles. The molecular formula is C15H13Cl2N5O2S. The zero-order chi connectivity index (χ0) is 18.0. The van der Waals surface area contributed by atoms with E-state index < -0.39 is 0 Å². The molecule has 2 heterocycles. The van der Waals surface area contributed by atoms with E-state index in [-0.39, 0.29) is 17.2 Å². The number of aryl methyl sites for hydroxylation is 1. The Bertz CT molecular complexity index is 1000. The summed E-state index contributed by atoms with van der Waals surface area (Å²) in [6.07, 6.45) is 0.640. The minimum Gasteiger partial charge on any atom is -0.325 e. The largest absolute Gasteiger partial charge is 0.325 e. The summed E-state index contributed by atoms with van der Waals surface area (Å²) in [5.74, 6) is 0.267. The van der Waals surface area contributed by atoms with Crippen molar-refractivity contribution in [2.45, 2.75) is 18.5 Å². The van der Waals surface area contributed by atoms with Gasteiger partial charge in [-0.3, -0.25) is 19.0 Å². The van der Waals surface area contributed by atoms with Gasteiger partial charge in [-0.2, -0.15) is 0 Å². The van der Waals surface area contributed by atoms with Gasteiger partial charge in [0.05, 0.1) is 15.8 Å². The molecule has 0 aliphatic rings. The molecule has 0 fully saturated rings. The number of anilines is 1. The first-order valence-corrected chi connectivity index (χ1v) is 9.07. The van der Waals surface area contributed by atoms with E-state index >= 15 is 0 Å². The monoisotopic (exact) mass is 397 g/mol. The number of hydrogen-bond acceptors (Lipinski definition) is 5. The summed E-state index contributed by atoms with van der Waals surface area (Å²) >= 11 is 13.0. The minimum absolute atomic E-state index is 0.128. The summed E-state index contributed by atoms with van der Waals surface area (Å²) < 4.78 is 1.73. The molecule has 10 heteroatoms. The summed E-state index contributed by atoms with van der Waals surface area (Å²) in [5.41, 5.74) is 1.10. The van der Waals surface area contributed by atoms with E-state index in [1.807, 2.05) is 6.92 Å². The van der Waals surface area contributed by atoms with Crippen molar-refractivity contribution in [2.24, 2.45) is 0 Å². The summed E-state index contributed by atoms with van der Waals surface area (Å²) in [6, 6.07) is 6.36. The van der Waals surface area contributed by atoms with Crippen LogP contribution < -0.4 is 10.9 Å². The zero-order valence-corrected chi connectivity index (χ0v) is 15.4. The van der Waals surface area contributed by atoms with E-state index in [2.05, 4.69) is 20.5 Å². The Balaban J connectivity index is 1.73. The Kier molecular flexibility index (Phi) is 5.31. The number of thioether (sulfide) groups is 1. The molecule has 0 aliphatic heterocycles. The fourth-order valence-electron chi connectivity index (χ4n) is 2.23. The van der Waals surface area contributed by atoms with Crippen LogP contribution in [-0.4, -0.2) is 31.2 Å². The Hall–Kier alpha value is -2.03. The summed E-state index contributed by atoms with van der Waals surface area (Å²) in [5, 5.41) is 12.0. The highest BCUT2D eigenvalue weighted by molar-refractivity contribution is 7.99. The van der Waals surface area contributed by atoms with Gasteiger partial charge >= 0.3 is 0 Å². The van der Waals surface area contributed by atoms with Gasteiger partial charge in [0.2, 0.25) is 11.7 Å². The van der Waals surface area contributed by atoms with Crippen molar-refractivity contribution in [3.05, 3.63) is 50.4 Å². The van der Waals surface area contributed by atoms with Gasteiger partial charge in [-0.25, -0.2) is 0 Å². The summed E-state index contributed by atoms with van der Waals surface area (Å²) in [6.45, 7) is 1.93. The van der Waals surface area contributed by atoms with Crippen LogP contribution in [0.2, 0.25) is 10.0 Å². The number of hydrogen-bond donors (Lipinski definition) is 2. The van der Waals surface area contributed by atoms with E-state index in [1.54, 1.807) is 22.6 Å². The molecule has 0 unspecified atom stereocenters. The van der Waals surface area contributed by atoms with Crippen molar-refractivity contribution < 1.29 is 4.79 Å². The van der Waals surface area contributed by atoms with E-state index in [0.717, 1.165) is 5.69 Å². The first-order valence-electron chi connectivity index (χ1n) is 7.33. The minimum atomic E-state index is -0.231. The number of carbonyl (C=O) groups excluding carboxylic acids is 1. The maximum absolute atomic E-state index is 12.1. The number of halogens is 2. The van der Waals surface area contributed by atoms with Crippen LogP contribution in [0.5, 0.6) is 0 Å². The van der Waals surface area contributed by atoms with Gasteiger partial charge in [-0.15, -0.1) is 10.2 Å². The highest BCUT2D eigenvalue weighted by Crippen LogP contribution is 2.25. The van der Waals surface area contributed by atoms with E-state index in [4.69, 9.17) is 23.2 Å². The van der Waals surface area contributed by atoms with Crippen LogP contribution in [0.3, 0.4) is 0 Å². The van der Waals surface area contributed by atoms with Crippen LogP contribution in [-0.2, 0) is 11.2 Å². The molecule has 3 rings (SSSR count). The quantitative estimate of drug-likeness (QED) is 0.645. The molecule has 7 nitrogen and oxygen atoms in total. The number of amides is 1. The van der Waals surface area contributed by atoms with Crippen LogP contribution in [0.1, 0.15) is 12.6 Å². The molecule has 2 aromatic heterocycles. The second-order valence-corrected chi connectivity index (χ2v) is 6.84. The van der Waals surface area contributed by atoms with Crippen molar-refractivity contribution in [3.63, 3.8) is 0 Å². The molecule has 0 atom stereocenters. The lowest BCUT2D eigenvalue weighted by molar-refractivity contribution is -0.113. The number of benzene rings is 1. The number of nitrogens with one attached hydrogen (secondary N) is 2. The van der Waals surface area contributed by atoms with Crippen molar-refractivity contribution in [1.82, 2.24) is 19.6 Å². The van der Waals surface area contributed by atoms with Gasteiger partial charge in [0.25, 0.3) is 5.56 Å². The lowest BCUT2D eigenvalue weighted by Gasteiger charge is -2.07. The van der Waals surface area contributed by atoms with Gasteiger partial charge in [0, 0.05) is 17.4 Å². The number of nitrogens with zero attached hydrogens (tertiary/aromatic N) is 3. The third-order valence-electron chi connectivity index (χ3n) is 3.35. The van der Waals surface area contributed by atoms with Crippen molar-refractivity contribution in [1.29, 1.82) is 0 Å². The van der Waals surface area contributed by atoms with Gasteiger partial charge in [0.15, 0.2) is 5.16 Å². The fourth-order valence-corrected chi connectivity index (χ4v) is 3.29. The lowest BCUT2D eigenvalue weighted by Crippen LogP contribution is -2.15. The molecule has 0 saturated heterocycles.